The minimum Gasteiger partial charge on any atom is -0.316 e. The van der Waals surface area contributed by atoms with Gasteiger partial charge in [-0.05, 0) is 62.4 Å². The van der Waals surface area contributed by atoms with Gasteiger partial charge in [0.15, 0.2) is 0 Å². The Morgan fingerprint density at radius 2 is 2.10 bits per heavy atom. The molecule has 0 aromatic heterocycles. The van der Waals surface area contributed by atoms with E-state index in [9.17, 15) is 4.79 Å². The Morgan fingerprint density at radius 3 is 2.75 bits per heavy atom. The highest BCUT2D eigenvalue weighted by Crippen LogP contribution is 2.45. The first-order valence-electron chi connectivity index (χ1n) is 7.64. The predicted molar refractivity (Wildman–Crippen MR) is 82.3 cm³/mol. The molecule has 0 aliphatic carbocycles. The van der Waals surface area contributed by atoms with Crippen molar-refractivity contribution in [2.75, 3.05) is 24.5 Å². The van der Waals surface area contributed by atoms with Crippen LogP contribution in [0.15, 0.2) is 12.1 Å². The Bertz CT molecular complexity index is 544. The quantitative estimate of drug-likeness (QED) is 0.787. The van der Waals surface area contributed by atoms with Gasteiger partial charge in [0.1, 0.15) is 0 Å². The molecule has 0 bridgehead atoms. The zero-order valence-corrected chi connectivity index (χ0v) is 12.8. The van der Waals surface area contributed by atoms with Crippen molar-refractivity contribution in [2.24, 2.45) is 0 Å². The summed E-state index contributed by atoms with van der Waals surface area (Å²) in [6, 6.07) is 4.47. The lowest BCUT2D eigenvalue weighted by Gasteiger charge is -2.32. The third-order valence-corrected chi connectivity index (χ3v) is 4.94. The van der Waals surface area contributed by atoms with Crippen molar-refractivity contribution in [3.05, 3.63) is 28.8 Å². The van der Waals surface area contributed by atoms with Gasteiger partial charge in [-0.25, -0.2) is 0 Å². The van der Waals surface area contributed by atoms with Gasteiger partial charge in [-0.15, -0.1) is 0 Å². The van der Waals surface area contributed by atoms with Crippen molar-refractivity contribution in [3.63, 3.8) is 0 Å². The van der Waals surface area contributed by atoms with E-state index in [0.717, 1.165) is 31.7 Å². The Hall–Kier alpha value is -1.35. The average Bonchev–Trinajstić information content (AvgIpc) is 2.75. The van der Waals surface area contributed by atoms with E-state index < -0.39 is 0 Å². The van der Waals surface area contributed by atoms with E-state index in [4.69, 9.17) is 0 Å². The van der Waals surface area contributed by atoms with Gasteiger partial charge in [-0.3, -0.25) is 4.79 Å². The van der Waals surface area contributed by atoms with Crippen LogP contribution in [0.3, 0.4) is 0 Å². The van der Waals surface area contributed by atoms with E-state index in [1.54, 1.807) is 6.92 Å². The lowest BCUT2D eigenvalue weighted by atomic mass is 9.74. The minimum atomic E-state index is 0.166. The highest BCUT2D eigenvalue weighted by Gasteiger charge is 2.41. The van der Waals surface area contributed by atoms with Gasteiger partial charge in [0.05, 0.1) is 0 Å². The number of hydrogen-bond acceptors (Lipinski definition) is 2. The van der Waals surface area contributed by atoms with Gasteiger partial charge in [0.25, 0.3) is 0 Å². The highest BCUT2D eigenvalue weighted by molar-refractivity contribution is 5.93. The van der Waals surface area contributed by atoms with Gasteiger partial charge in [0, 0.05) is 31.1 Å². The Labute approximate surface area is 121 Å². The van der Waals surface area contributed by atoms with Crippen LogP contribution in [0.25, 0.3) is 0 Å². The van der Waals surface area contributed by atoms with Crippen LogP contribution in [0.5, 0.6) is 0 Å². The molecule has 2 heterocycles. The number of amides is 1. The molecular weight excluding hydrogens is 248 g/mol. The molecule has 1 saturated heterocycles. The summed E-state index contributed by atoms with van der Waals surface area (Å²) in [6.45, 7) is 9.01. The monoisotopic (exact) mass is 272 g/mol. The number of nitrogens with zero attached hydrogens (tertiary/aromatic N) is 1. The van der Waals surface area contributed by atoms with E-state index in [2.05, 4.69) is 31.3 Å². The Morgan fingerprint density at radius 1 is 1.30 bits per heavy atom. The maximum absolute atomic E-state index is 12.1. The average molecular weight is 272 g/mol. The van der Waals surface area contributed by atoms with Gasteiger partial charge >= 0.3 is 0 Å². The normalized spacial score (nSPS) is 25.6. The second kappa shape index (κ2) is 4.88. The fourth-order valence-electron chi connectivity index (χ4n) is 4.17. The van der Waals surface area contributed by atoms with Crippen molar-refractivity contribution >= 4 is 11.6 Å². The first-order chi connectivity index (χ1) is 9.53. The topological polar surface area (TPSA) is 32.3 Å². The molecule has 1 atom stereocenters. The third kappa shape index (κ3) is 2.05. The first kappa shape index (κ1) is 13.6. The van der Waals surface area contributed by atoms with Crippen LogP contribution in [0, 0.1) is 13.8 Å². The standard InChI is InChI=1S/C17H24N2O/c1-12-9-13(2)16-15(10-12)19(14(3)20)8-4-5-17(16)6-7-18-11-17/h9-10,18H,4-8,11H2,1-3H3. The molecule has 2 aliphatic rings. The van der Waals surface area contributed by atoms with E-state index in [1.807, 2.05) is 4.90 Å². The van der Waals surface area contributed by atoms with Gasteiger partial charge in [-0.1, -0.05) is 6.07 Å². The summed E-state index contributed by atoms with van der Waals surface area (Å²) in [5.41, 5.74) is 5.40. The maximum atomic E-state index is 12.1. The lowest BCUT2D eigenvalue weighted by molar-refractivity contribution is -0.116. The molecule has 1 amide bonds. The number of fused-ring (bicyclic) bond motifs is 2. The largest absolute Gasteiger partial charge is 0.316 e. The van der Waals surface area contributed by atoms with Gasteiger partial charge in [-0.2, -0.15) is 0 Å². The number of carbonyl (C=O) groups excluding carboxylic acids is 1. The smallest absolute Gasteiger partial charge is 0.223 e. The van der Waals surface area contributed by atoms with Crippen molar-refractivity contribution in [3.8, 4) is 0 Å². The summed E-state index contributed by atoms with van der Waals surface area (Å²) in [4.78, 5) is 14.0. The van der Waals surface area contributed by atoms with E-state index >= 15 is 0 Å². The number of benzene rings is 1. The molecule has 1 spiro atoms. The maximum Gasteiger partial charge on any atom is 0.223 e. The Kier molecular flexibility index (Phi) is 3.33. The van der Waals surface area contributed by atoms with Crippen LogP contribution in [-0.2, 0) is 10.2 Å². The van der Waals surface area contributed by atoms with E-state index in [-0.39, 0.29) is 11.3 Å². The second-order valence-electron chi connectivity index (χ2n) is 6.46. The Balaban J connectivity index is 2.23. The lowest BCUT2D eigenvalue weighted by Crippen LogP contribution is -2.32. The summed E-state index contributed by atoms with van der Waals surface area (Å²) in [7, 11) is 0. The number of rotatable bonds is 0. The second-order valence-corrected chi connectivity index (χ2v) is 6.46. The minimum absolute atomic E-state index is 0.166. The van der Waals surface area contributed by atoms with Crippen LogP contribution in [0.1, 0.15) is 42.9 Å². The highest BCUT2D eigenvalue weighted by atomic mass is 16.2. The van der Waals surface area contributed by atoms with Crippen molar-refractivity contribution < 1.29 is 4.79 Å². The van der Waals surface area contributed by atoms with E-state index in [0.29, 0.717) is 0 Å². The third-order valence-electron chi connectivity index (χ3n) is 4.94. The molecule has 3 heteroatoms. The summed E-state index contributed by atoms with van der Waals surface area (Å²) in [5, 5.41) is 3.53. The fraction of sp³-hybridized carbons (Fsp3) is 0.588. The molecule has 3 nitrogen and oxygen atoms in total. The van der Waals surface area contributed by atoms with Gasteiger partial charge in [0.2, 0.25) is 5.91 Å². The number of aryl methyl sites for hydroxylation is 2. The molecule has 1 fully saturated rings. The van der Waals surface area contributed by atoms with Crippen molar-refractivity contribution in [2.45, 2.75) is 45.4 Å². The van der Waals surface area contributed by atoms with Crippen molar-refractivity contribution in [1.82, 2.24) is 5.32 Å². The van der Waals surface area contributed by atoms with Crippen molar-refractivity contribution in [1.29, 1.82) is 0 Å². The number of anilines is 1. The zero-order chi connectivity index (χ0) is 14.3. The van der Waals surface area contributed by atoms with Crippen LogP contribution < -0.4 is 10.2 Å². The molecule has 0 radical (unpaired) electrons. The van der Waals surface area contributed by atoms with Crippen LogP contribution in [0.2, 0.25) is 0 Å². The SMILES string of the molecule is CC(=O)N1CCCC2(CCNC2)c2c(C)cc(C)cc21. The molecule has 1 aromatic carbocycles. The summed E-state index contributed by atoms with van der Waals surface area (Å²) in [5.74, 6) is 0.166. The van der Waals surface area contributed by atoms with Crippen LogP contribution in [0.4, 0.5) is 5.69 Å². The fourth-order valence-corrected chi connectivity index (χ4v) is 4.17. The summed E-state index contributed by atoms with van der Waals surface area (Å²) >= 11 is 0. The zero-order valence-electron chi connectivity index (χ0n) is 12.8. The van der Waals surface area contributed by atoms with Gasteiger partial charge < -0.3 is 10.2 Å². The molecular formula is C17H24N2O. The first-order valence-corrected chi connectivity index (χ1v) is 7.64. The summed E-state index contributed by atoms with van der Waals surface area (Å²) in [6.07, 6.45) is 3.46. The molecule has 1 unspecified atom stereocenters. The molecule has 1 N–H and O–H groups in total. The molecule has 3 rings (SSSR count). The molecule has 108 valence electrons. The predicted octanol–water partition coefficient (Wildman–Crippen LogP) is 2.68. The van der Waals surface area contributed by atoms with Crippen LogP contribution >= 0.6 is 0 Å². The molecule has 1 aromatic rings. The molecule has 20 heavy (non-hydrogen) atoms. The number of nitrogens with one attached hydrogen (secondary N) is 1. The summed E-state index contributed by atoms with van der Waals surface area (Å²) < 4.78 is 0. The number of carbonyl (C=O) groups is 1. The van der Waals surface area contributed by atoms with Crippen LogP contribution in [-0.4, -0.2) is 25.5 Å². The number of hydrogen-bond donors (Lipinski definition) is 1. The molecule has 2 aliphatic heterocycles. The molecule has 0 saturated carbocycles. The van der Waals surface area contributed by atoms with E-state index in [1.165, 1.54) is 29.5 Å².